The molecule has 0 heterocycles. The highest BCUT2D eigenvalue weighted by molar-refractivity contribution is 6.09. The van der Waals surface area contributed by atoms with Gasteiger partial charge in [0.15, 0.2) is 0 Å². The summed E-state index contributed by atoms with van der Waals surface area (Å²) < 4.78 is 18.2. The largest absolute Gasteiger partial charge is 0.494 e. The maximum absolute atomic E-state index is 13.3. The summed E-state index contributed by atoms with van der Waals surface area (Å²) >= 11 is 0. The molecule has 0 saturated carbocycles. The molecule has 0 fully saturated rings. The summed E-state index contributed by atoms with van der Waals surface area (Å²) in [5.74, 6) is -0.389. The van der Waals surface area contributed by atoms with Crippen molar-refractivity contribution in [3.8, 4) is 5.75 Å². The lowest BCUT2D eigenvalue weighted by molar-refractivity contribution is 0.0955. The van der Waals surface area contributed by atoms with Crippen LogP contribution in [0.2, 0.25) is 0 Å². The summed E-state index contributed by atoms with van der Waals surface area (Å²) in [4.78, 5) is 31.2. The number of hydrogen-bond acceptors (Lipinski definition) is 6. The van der Waals surface area contributed by atoms with Crippen LogP contribution < -0.4 is 15.5 Å². The van der Waals surface area contributed by atoms with Gasteiger partial charge in [0.1, 0.15) is 5.75 Å². The number of nitrogens with one attached hydrogen (secondary N) is 2. The number of unbranched alkanes of at least 4 members (excludes halogenated alkanes) is 1. The summed E-state index contributed by atoms with van der Waals surface area (Å²) in [6.07, 6.45) is 2.53. The van der Waals surface area contributed by atoms with E-state index >= 15 is 0 Å². The number of likely N-dealkylation sites (N-methyl/N-ethyl adjacent to an activating group) is 2. The predicted molar refractivity (Wildman–Crippen MR) is 177 cm³/mol. The molecule has 9 heteroatoms. The van der Waals surface area contributed by atoms with Gasteiger partial charge in [0.2, 0.25) is 0 Å². The minimum absolute atomic E-state index is 0.200. The summed E-state index contributed by atoms with van der Waals surface area (Å²) in [5, 5.41) is 7.02. The average Bonchev–Trinajstić information content (AvgIpc) is 3.02. The number of aryl methyl sites for hydroxylation is 2. The number of alkyl halides is 1. The van der Waals surface area contributed by atoms with E-state index in [1.807, 2.05) is 50.2 Å². The second-order valence-electron chi connectivity index (χ2n) is 10.9. The molecule has 0 atom stereocenters. The summed E-state index contributed by atoms with van der Waals surface area (Å²) in [7, 11) is 2.07. The standard InChI is InChI=1S/C35H46FN5O3/c1-6-41(7-2)19-18-40(5)25-29-11-10-12-30(22-29)34(42)38-33-16-15-31(44-20-9-8-17-36)23-32(33)35(43)39-37-24-28-14-13-26(3)27(4)21-28/h10-16,21-24H,6-9,17-20,25H2,1-5H3,(H,38,42)(H,39,43). The van der Waals surface area contributed by atoms with Crippen LogP contribution in [0.15, 0.2) is 65.8 Å². The lowest BCUT2D eigenvalue weighted by Crippen LogP contribution is -2.32. The molecule has 0 saturated heterocycles. The van der Waals surface area contributed by atoms with Gasteiger partial charge >= 0.3 is 0 Å². The number of rotatable bonds is 17. The Labute approximate surface area is 261 Å². The van der Waals surface area contributed by atoms with Gasteiger partial charge in [0.25, 0.3) is 11.8 Å². The lowest BCUT2D eigenvalue weighted by atomic mass is 10.1. The summed E-state index contributed by atoms with van der Waals surface area (Å²) in [6.45, 7) is 12.9. The van der Waals surface area contributed by atoms with Gasteiger partial charge in [0, 0.05) is 25.2 Å². The summed E-state index contributed by atoms with van der Waals surface area (Å²) in [5.41, 5.74) is 7.75. The van der Waals surface area contributed by atoms with Gasteiger partial charge in [-0.05, 0) is 99.4 Å². The normalized spacial score (nSPS) is 11.4. The van der Waals surface area contributed by atoms with E-state index < -0.39 is 12.6 Å². The Balaban J connectivity index is 1.74. The zero-order valence-corrected chi connectivity index (χ0v) is 26.7. The van der Waals surface area contributed by atoms with Crippen molar-refractivity contribution in [3.05, 3.63) is 94.0 Å². The van der Waals surface area contributed by atoms with Crippen molar-refractivity contribution < 1.29 is 18.7 Å². The third kappa shape index (κ3) is 10.9. The van der Waals surface area contributed by atoms with E-state index in [0.717, 1.165) is 42.9 Å². The molecule has 0 radical (unpaired) electrons. The fraction of sp³-hybridized carbons (Fsp3) is 0.400. The van der Waals surface area contributed by atoms with E-state index in [-0.39, 0.29) is 11.5 Å². The quantitative estimate of drug-likeness (QED) is 0.109. The molecule has 0 unspecified atom stereocenters. The summed E-state index contributed by atoms with van der Waals surface area (Å²) in [6, 6.07) is 18.3. The maximum atomic E-state index is 13.3. The number of anilines is 1. The molecule has 236 valence electrons. The maximum Gasteiger partial charge on any atom is 0.273 e. The zero-order chi connectivity index (χ0) is 31.9. The number of hydrazone groups is 1. The number of carbonyl (C=O) groups excluding carboxylic acids is 2. The zero-order valence-electron chi connectivity index (χ0n) is 26.7. The van der Waals surface area contributed by atoms with Crippen LogP contribution in [0.25, 0.3) is 0 Å². The molecule has 0 aliphatic heterocycles. The SMILES string of the molecule is CCN(CC)CCN(C)Cc1cccc(C(=O)Nc2ccc(OCCCCF)cc2C(=O)NN=Cc2ccc(C)c(C)c2)c1. The van der Waals surface area contributed by atoms with Crippen molar-refractivity contribution in [2.45, 2.75) is 47.1 Å². The van der Waals surface area contributed by atoms with Crippen LogP contribution in [0.3, 0.4) is 0 Å². The first-order valence-electron chi connectivity index (χ1n) is 15.3. The minimum Gasteiger partial charge on any atom is -0.494 e. The van der Waals surface area contributed by atoms with Crippen LogP contribution in [0.5, 0.6) is 5.75 Å². The van der Waals surface area contributed by atoms with Gasteiger partial charge in [-0.1, -0.05) is 44.2 Å². The number of nitrogens with zero attached hydrogens (tertiary/aromatic N) is 3. The number of ether oxygens (including phenoxy) is 1. The molecule has 0 bridgehead atoms. The van der Waals surface area contributed by atoms with Gasteiger partial charge in [-0.2, -0.15) is 5.10 Å². The highest BCUT2D eigenvalue weighted by atomic mass is 19.1. The Morgan fingerprint density at radius 3 is 2.45 bits per heavy atom. The minimum atomic E-state index is -0.502. The van der Waals surface area contributed by atoms with Crippen LogP contribution in [-0.2, 0) is 6.54 Å². The molecule has 0 aliphatic carbocycles. The molecule has 0 spiro atoms. The second-order valence-corrected chi connectivity index (χ2v) is 10.9. The third-order valence-electron chi connectivity index (χ3n) is 7.53. The van der Waals surface area contributed by atoms with Gasteiger partial charge in [0.05, 0.1) is 30.7 Å². The fourth-order valence-corrected chi connectivity index (χ4v) is 4.62. The Kier molecular flexibility index (Phi) is 14.0. The Morgan fingerprint density at radius 2 is 1.73 bits per heavy atom. The van der Waals surface area contributed by atoms with Crippen molar-refractivity contribution >= 4 is 23.7 Å². The lowest BCUT2D eigenvalue weighted by Gasteiger charge is -2.23. The second kappa shape index (κ2) is 17.9. The Hall–Kier alpha value is -4.08. The molecule has 3 aromatic carbocycles. The molecule has 2 N–H and O–H groups in total. The van der Waals surface area contributed by atoms with Crippen LogP contribution >= 0.6 is 0 Å². The van der Waals surface area contributed by atoms with E-state index in [4.69, 9.17) is 4.74 Å². The van der Waals surface area contributed by atoms with E-state index in [1.165, 1.54) is 5.56 Å². The van der Waals surface area contributed by atoms with E-state index in [2.05, 4.69) is 46.5 Å². The highest BCUT2D eigenvalue weighted by Gasteiger charge is 2.17. The number of halogens is 1. The molecule has 44 heavy (non-hydrogen) atoms. The molecule has 2 amide bonds. The van der Waals surface area contributed by atoms with Gasteiger partial charge in [-0.25, -0.2) is 5.43 Å². The molecule has 0 aromatic heterocycles. The highest BCUT2D eigenvalue weighted by Crippen LogP contribution is 2.24. The van der Waals surface area contributed by atoms with Crippen LogP contribution in [0, 0.1) is 13.8 Å². The average molecular weight is 604 g/mol. The number of carbonyl (C=O) groups is 2. The predicted octanol–water partition coefficient (Wildman–Crippen LogP) is 6.22. The molecule has 0 aliphatic rings. The molecular formula is C35H46FN5O3. The van der Waals surface area contributed by atoms with Crippen molar-refractivity contribution in [1.29, 1.82) is 0 Å². The number of hydrogen-bond donors (Lipinski definition) is 2. The van der Waals surface area contributed by atoms with Crippen LogP contribution in [0.4, 0.5) is 10.1 Å². The van der Waals surface area contributed by atoms with Crippen molar-refractivity contribution in [2.75, 3.05) is 51.8 Å². The first-order chi connectivity index (χ1) is 21.2. The monoisotopic (exact) mass is 603 g/mol. The van der Waals surface area contributed by atoms with Gasteiger partial charge < -0.3 is 19.9 Å². The first kappa shape index (κ1) is 34.4. The third-order valence-corrected chi connectivity index (χ3v) is 7.53. The molecule has 8 nitrogen and oxygen atoms in total. The first-order valence-corrected chi connectivity index (χ1v) is 15.3. The molecular weight excluding hydrogens is 557 g/mol. The van der Waals surface area contributed by atoms with E-state index in [0.29, 0.717) is 43.0 Å². The molecule has 3 aromatic rings. The van der Waals surface area contributed by atoms with Crippen molar-refractivity contribution in [2.24, 2.45) is 5.10 Å². The molecule has 3 rings (SSSR count). The Bertz CT molecular complexity index is 1410. The smallest absolute Gasteiger partial charge is 0.273 e. The van der Waals surface area contributed by atoms with E-state index in [1.54, 1.807) is 30.5 Å². The van der Waals surface area contributed by atoms with Crippen LogP contribution in [0.1, 0.15) is 69.7 Å². The van der Waals surface area contributed by atoms with Crippen LogP contribution in [-0.4, -0.2) is 74.3 Å². The van der Waals surface area contributed by atoms with Gasteiger partial charge in [-0.3, -0.25) is 14.0 Å². The van der Waals surface area contributed by atoms with Crippen molar-refractivity contribution in [3.63, 3.8) is 0 Å². The van der Waals surface area contributed by atoms with Gasteiger partial charge in [-0.15, -0.1) is 0 Å². The van der Waals surface area contributed by atoms with Crippen molar-refractivity contribution in [1.82, 2.24) is 15.2 Å². The topological polar surface area (TPSA) is 86.3 Å². The Morgan fingerprint density at radius 1 is 0.932 bits per heavy atom. The number of amides is 2. The fourth-order valence-electron chi connectivity index (χ4n) is 4.62. The number of benzene rings is 3. The van der Waals surface area contributed by atoms with E-state index in [9.17, 15) is 14.0 Å².